The molecule has 1 saturated heterocycles. The molecule has 0 radical (unpaired) electrons. The van der Waals surface area contributed by atoms with E-state index in [9.17, 15) is 4.79 Å². The zero-order chi connectivity index (χ0) is 13.8. The fourth-order valence-electron chi connectivity index (χ4n) is 2.08. The van der Waals surface area contributed by atoms with Gasteiger partial charge >= 0.3 is 5.97 Å². The third-order valence-electron chi connectivity index (χ3n) is 3.01. The average molecular weight is 257 g/mol. The van der Waals surface area contributed by atoms with Gasteiger partial charge in [0, 0.05) is 12.6 Å². The maximum atomic E-state index is 11.6. The summed E-state index contributed by atoms with van der Waals surface area (Å²) in [5.74, 6) is 0.339. The topological polar surface area (TPSA) is 47.6 Å². The van der Waals surface area contributed by atoms with Crippen molar-refractivity contribution in [1.29, 1.82) is 0 Å². The molecule has 1 aliphatic rings. The van der Waals surface area contributed by atoms with E-state index in [0.717, 1.165) is 19.4 Å². The van der Waals surface area contributed by atoms with Crippen LogP contribution in [0.25, 0.3) is 0 Å². The SMILES string of the molecule is CC(C)C1CC(NCC(=O)OC(C)(C)C)CCO1. The minimum Gasteiger partial charge on any atom is -0.459 e. The van der Waals surface area contributed by atoms with Crippen LogP contribution in [0, 0.1) is 5.92 Å². The van der Waals surface area contributed by atoms with Crippen molar-refractivity contribution in [1.82, 2.24) is 5.32 Å². The molecule has 1 fully saturated rings. The maximum absolute atomic E-state index is 11.6. The Balaban J connectivity index is 2.28. The number of ether oxygens (including phenoxy) is 2. The smallest absolute Gasteiger partial charge is 0.320 e. The minimum atomic E-state index is -0.408. The summed E-state index contributed by atoms with van der Waals surface area (Å²) < 4.78 is 11.0. The van der Waals surface area contributed by atoms with Crippen molar-refractivity contribution in [3.63, 3.8) is 0 Å². The van der Waals surface area contributed by atoms with Gasteiger partial charge in [-0.15, -0.1) is 0 Å². The zero-order valence-corrected chi connectivity index (χ0v) is 12.3. The van der Waals surface area contributed by atoms with Crippen LogP contribution in [0.2, 0.25) is 0 Å². The van der Waals surface area contributed by atoms with Gasteiger partial charge in [0.05, 0.1) is 12.6 Å². The molecule has 18 heavy (non-hydrogen) atoms. The van der Waals surface area contributed by atoms with E-state index in [1.165, 1.54) is 0 Å². The maximum Gasteiger partial charge on any atom is 0.320 e. The number of hydrogen-bond donors (Lipinski definition) is 1. The number of carbonyl (C=O) groups excluding carboxylic acids is 1. The summed E-state index contributed by atoms with van der Waals surface area (Å²) in [5.41, 5.74) is -0.408. The summed E-state index contributed by atoms with van der Waals surface area (Å²) >= 11 is 0. The van der Waals surface area contributed by atoms with Crippen molar-refractivity contribution in [3.8, 4) is 0 Å². The molecule has 0 aromatic heterocycles. The molecule has 1 rings (SSSR count). The number of esters is 1. The van der Waals surface area contributed by atoms with Crippen LogP contribution in [0.1, 0.15) is 47.5 Å². The Bertz CT molecular complexity index is 271. The lowest BCUT2D eigenvalue weighted by atomic mass is 9.95. The molecule has 0 aromatic carbocycles. The largest absolute Gasteiger partial charge is 0.459 e. The second-order valence-corrected chi connectivity index (χ2v) is 6.34. The highest BCUT2D eigenvalue weighted by molar-refractivity contribution is 5.72. The lowest BCUT2D eigenvalue weighted by Crippen LogP contribution is -2.43. The highest BCUT2D eigenvalue weighted by atomic mass is 16.6. The Kier molecular flexibility index (Phi) is 5.60. The highest BCUT2D eigenvalue weighted by Crippen LogP contribution is 2.20. The fourth-order valence-corrected chi connectivity index (χ4v) is 2.08. The van der Waals surface area contributed by atoms with Gasteiger partial charge in [0.2, 0.25) is 0 Å². The lowest BCUT2D eigenvalue weighted by molar-refractivity contribution is -0.154. The molecular formula is C14H27NO3. The molecule has 106 valence electrons. The Morgan fingerprint density at radius 3 is 2.67 bits per heavy atom. The van der Waals surface area contributed by atoms with Gasteiger partial charge in [0.1, 0.15) is 5.60 Å². The van der Waals surface area contributed by atoms with Gasteiger partial charge < -0.3 is 14.8 Å². The number of nitrogens with one attached hydrogen (secondary N) is 1. The molecule has 2 atom stereocenters. The Morgan fingerprint density at radius 1 is 1.44 bits per heavy atom. The van der Waals surface area contributed by atoms with Crippen LogP contribution >= 0.6 is 0 Å². The molecule has 0 aromatic rings. The van der Waals surface area contributed by atoms with Crippen LogP contribution in [0.3, 0.4) is 0 Å². The number of carbonyl (C=O) groups is 1. The molecule has 1 N–H and O–H groups in total. The van der Waals surface area contributed by atoms with E-state index < -0.39 is 5.60 Å². The summed E-state index contributed by atoms with van der Waals surface area (Å²) in [7, 11) is 0. The molecule has 0 saturated carbocycles. The molecule has 1 heterocycles. The Morgan fingerprint density at radius 2 is 2.11 bits per heavy atom. The molecule has 2 unspecified atom stereocenters. The second-order valence-electron chi connectivity index (χ2n) is 6.34. The van der Waals surface area contributed by atoms with Crippen molar-refractivity contribution in [2.75, 3.05) is 13.2 Å². The third-order valence-corrected chi connectivity index (χ3v) is 3.01. The van der Waals surface area contributed by atoms with Crippen LogP contribution in [-0.2, 0) is 14.3 Å². The van der Waals surface area contributed by atoms with Gasteiger partial charge in [-0.1, -0.05) is 13.8 Å². The second kappa shape index (κ2) is 6.53. The van der Waals surface area contributed by atoms with Crippen LogP contribution in [0.4, 0.5) is 0 Å². The standard InChI is InChI=1S/C14H27NO3/c1-10(2)12-8-11(6-7-17-12)15-9-13(16)18-14(3,4)5/h10-12,15H,6-9H2,1-5H3. The molecular weight excluding hydrogens is 230 g/mol. The summed E-state index contributed by atoms with van der Waals surface area (Å²) in [6, 6.07) is 0.360. The summed E-state index contributed by atoms with van der Waals surface area (Å²) in [6.45, 7) is 11.0. The molecule has 0 bridgehead atoms. The average Bonchev–Trinajstić information content (AvgIpc) is 2.24. The van der Waals surface area contributed by atoms with Crippen LogP contribution in [-0.4, -0.2) is 36.9 Å². The quantitative estimate of drug-likeness (QED) is 0.784. The van der Waals surface area contributed by atoms with Crippen LogP contribution in [0.15, 0.2) is 0 Å². The van der Waals surface area contributed by atoms with Crippen molar-refractivity contribution < 1.29 is 14.3 Å². The Hall–Kier alpha value is -0.610. The first-order valence-electron chi connectivity index (χ1n) is 6.85. The first-order chi connectivity index (χ1) is 8.28. The summed E-state index contributed by atoms with van der Waals surface area (Å²) in [4.78, 5) is 11.6. The monoisotopic (exact) mass is 257 g/mol. The van der Waals surface area contributed by atoms with E-state index in [2.05, 4.69) is 19.2 Å². The van der Waals surface area contributed by atoms with Gasteiger partial charge in [-0.05, 0) is 39.5 Å². The van der Waals surface area contributed by atoms with Gasteiger partial charge in [-0.2, -0.15) is 0 Å². The van der Waals surface area contributed by atoms with Crippen molar-refractivity contribution >= 4 is 5.97 Å². The van der Waals surface area contributed by atoms with Crippen molar-refractivity contribution in [2.24, 2.45) is 5.92 Å². The van der Waals surface area contributed by atoms with E-state index in [0.29, 0.717) is 18.1 Å². The molecule has 0 amide bonds. The molecule has 4 nitrogen and oxygen atoms in total. The Labute approximate surface area is 110 Å². The van der Waals surface area contributed by atoms with Crippen LogP contribution in [0.5, 0.6) is 0 Å². The van der Waals surface area contributed by atoms with E-state index in [4.69, 9.17) is 9.47 Å². The van der Waals surface area contributed by atoms with E-state index in [1.54, 1.807) is 0 Å². The molecule has 0 spiro atoms. The molecule has 1 aliphatic heterocycles. The molecule has 0 aliphatic carbocycles. The van der Waals surface area contributed by atoms with Crippen LogP contribution < -0.4 is 5.32 Å². The zero-order valence-electron chi connectivity index (χ0n) is 12.3. The third kappa shape index (κ3) is 5.83. The first-order valence-corrected chi connectivity index (χ1v) is 6.85. The van der Waals surface area contributed by atoms with E-state index in [-0.39, 0.29) is 12.5 Å². The fraction of sp³-hybridized carbons (Fsp3) is 0.929. The predicted octanol–water partition coefficient (Wildman–Crippen LogP) is 2.12. The number of hydrogen-bond acceptors (Lipinski definition) is 4. The molecule has 4 heteroatoms. The van der Waals surface area contributed by atoms with Gasteiger partial charge in [0.25, 0.3) is 0 Å². The first kappa shape index (κ1) is 15.4. The van der Waals surface area contributed by atoms with Gasteiger partial charge in [-0.25, -0.2) is 0 Å². The predicted molar refractivity (Wildman–Crippen MR) is 71.4 cm³/mol. The van der Waals surface area contributed by atoms with E-state index in [1.807, 2.05) is 20.8 Å². The summed E-state index contributed by atoms with van der Waals surface area (Å²) in [5, 5.41) is 3.27. The van der Waals surface area contributed by atoms with Gasteiger partial charge in [-0.3, -0.25) is 4.79 Å². The normalized spacial score (nSPS) is 25.2. The van der Waals surface area contributed by atoms with Crippen molar-refractivity contribution in [2.45, 2.75) is 65.2 Å². The van der Waals surface area contributed by atoms with Crippen molar-refractivity contribution in [3.05, 3.63) is 0 Å². The summed E-state index contributed by atoms with van der Waals surface area (Å²) in [6.07, 6.45) is 2.24. The number of rotatable bonds is 4. The highest BCUT2D eigenvalue weighted by Gasteiger charge is 2.25. The lowest BCUT2D eigenvalue weighted by Gasteiger charge is -2.32. The van der Waals surface area contributed by atoms with Gasteiger partial charge in [0.15, 0.2) is 0 Å². The minimum absolute atomic E-state index is 0.185. The van der Waals surface area contributed by atoms with E-state index >= 15 is 0 Å².